The van der Waals surface area contributed by atoms with Gasteiger partial charge in [-0.05, 0) is 12.8 Å². The van der Waals surface area contributed by atoms with E-state index in [1.165, 1.54) is 25.0 Å². The van der Waals surface area contributed by atoms with Crippen LogP contribution >= 0.6 is 0 Å². The van der Waals surface area contributed by atoms with E-state index < -0.39 is 0 Å². The van der Waals surface area contributed by atoms with Crippen molar-refractivity contribution in [2.75, 3.05) is 6.54 Å². The molecule has 0 atom stereocenters. The van der Waals surface area contributed by atoms with Crippen molar-refractivity contribution in [1.82, 2.24) is 16.0 Å². The third-order valence-electron chi connectivity index (χ3n) is 1.94. The molecule has 0 radical (unpaired) electrons. The molecule has 70 valence electrons. The molecule has 1 heterocycles. The van der Waals surface area contributed by atoms with Gasteiger partial charge in [-0.15, -0.1) is 5.53 Å². The van der Waals surface area contributed by atoms with Gasteiger partial charge in [0.25, 0.3) is 0 Å². The number of hydrazine groups is 2. The first-order valence-electron chi connectivity index (χ1n) is 4.85. The van der Waals surface area contributed by atoms with Gasteiger partial charge in [0.15, 0.2) is 0 Å². The van der Waals surface area contributed by atoms with Crippen LogP contribution in [0.5, 0.6) is 0 Å². The third kappa shape index (κ3) is 2.74. The number of unbranched alkanes of at least 4 members (excludes halogenated alkanes) is 1. The van der Waals surface area contributed by atoms with Crippen molar-refractivity contribution in [2.45, 2.75) is 39.5 Å². The zero-order valence-electron chi connectivity index (χ0n) is 8.06. The molecule has 0 aliphatic carbocycles. The quantitative estimate of drug-likeness (QED) is 0.656. The second-order valence-corrected chi connectivity index (χ2v) is 3.19. The molecule has 0 aromatic heterocycles. The lowest BCUT2D eigenvalue weighted by Gasteiger charge is -2.13. The molecule has 0 spiro atoms. The first kappa shape index (κ1) is 9.39. The van der Waals surface area contributed by atoms with Gasteiger partial charge >= 0.3 is 0 Å². The van der Waals surface area contributed by atoms with Gasteiger partial charge in [0.2, 0.25) is 0 Å². The fourth-order valence-corrected chi connectivity index (χ4v) is 1.24. The van der Waals surface area contributed by atoms with E-state index in [-0.39, 0.29) is 0 Å². The maximum atomic E-state index is 3.15. The van der Waals surface area contributed by atoms with Crippen LogP contribution in [-0.2, 0) is 0 Å². The van der Waals surface area contributed by atoms with E-state index in [1.54, 1.807) is 0 Å². The predicted molar refractivity (Wildman–Crippen MR) is 50.9 cm³/mol. The lowest BCUT2D eigenvalue weighted by Crippen LogP contribution is -2.36. The summed E-state index contributed by atoms with van der Waals surface area (Å²) in [6.07, 6.45) is 6.98. The Morgan fingerprint density at radius 2 is 2.17 bits per heavy atom. The number of allylic oxidation sites excluding steroid dienone is 1. The monoisotopic (exact) mass is 169 g/mol. The third-order valence-corrected chi connectivity index (χ3v) is 1.94. The highest BCUT2D eigenvalue weighted by molar-refractivity contribution is 5.00. The molecular formula is C9H19N3. The molecule has 3 nitrogen and oxygen atoms in total. The maximum Gasteiger partial charge on any atom is 0.0453 e. The van der Waals surface area contributed by atoms with Gasteiger partial charge in [0.05, 0.1) is 0 Å². The zero-order chi connectivity index (χ0) is 8.81. The molecule has 0 bridgehead atoms. The van der Waals surface area contributed by atoms with Gasteiger partial charge in [0.1, 0.15) is 0 Å². The number of nitrogens with one attached hydrogen (secondary N) is 2. The molecule has 0 saturated carbocycles. The molecule has 12 heavy (non-hydrogen) atoms. The topological polar surface area (TPSA) is 27.3 Å². The molecule has 0 unspecified atom stereocenters. The summed E-state index contributed by atoms with van der Waals surface area (Å²) in [5.74, 6) is 0. The summed E-state index contributed by atoms with van der Waals surface area (Å²) in [6.45, 7) is 5.49. The Morgan fingerprint density at radius 1 is 1.33 bits per heavy atom. The van der Waals surface area contributed by atoms with Crippen LogP contribution in [0.3, 0.4) is 0 Å². The molecule has 0 fully saturated rings. The van der Waals surface area contributed by atoms with E-state index in [9.17, 15) is 0 Å². The highest BCUT2D eigenvalue weighted by Crippen LogP contribution is 2.06. The summed E-state index contributed by atoms with van der Waals surface area (Å²) >= 11 is 0. The minimum atomic E-state index is 1.09. The van der Waals surface area contributed by atoms with Crippen LogP contribution in [0.1, 0.15) is 39.5 Å². The molecular weight excluding hydrogens is 150 g/mol. The Kier molecular flexibility index (Phi) is 3.94. The number of rotatable bonds is 5. The first-order valence-corrected chi connectivity index (χ1v) is 4.85. The van der Waals surface area contributed by atoms with Crippen molar-refractivity contribution in [3.8, 4) is 0 Å². The average molecular weight is 169 g/mol. The van der Waals surface area contributed by atoms with Gasteiger partial charge in [-0.1, -0.05) is 26.7 Å². The zero-order valence-corrected chi connectivity index (χ0v) is 8.06. The molecule has 1 aliphatic heterocycles. The number of nitrogens with zero attached hydrogens (tertiary/aromatic N) is 1. The van der Waals surface area contributed by atoms with E-state index in [4.69, 9.17) is 0 Å². The van der Waals surface area contributed by atoms with Crippen molar-refractivity contribution < 1.29 is 0 Å². The van der Waals surface area contributed by atoms with Gasteiger partial charge < -0.3 is 5.43 Å². The summed E-state index contributed by atoms with van der Waals surface area (Å²) in [4.78, 5) is 0. The summed E-state index contributed by atoms with van der Waals surface area (Å²) < 4.78 is 0. The Balaban J connectivity index is 2.22. The molecule has 1 aliphatic rings. The van der Waals surface area contributed by atoms with E-state index in [1.807, 2.05) is 0 Å². The van der Waals surface area contributed by atoms with Crippen molar-refractivity contribution in [1.29, 1.82) is 0 Å². The van der Waals surface area contributed by atoms with Gasteiger partial charge in [-0.2, -0.15) is 0 Å². The number of hydrogen-bond donors (Lipinski definition) is 2. The van der Waals surface area contributed by atoms with Crippen LogP contribution in [0.25, 0.3) is 0 Å². The van der Waals surface area contributed by atoms with Crippen molar-refractivity contribution >= 4 is 0 Å². The Morgan fingerprint density at radius 3 is 2.83 bits per heavy atom. The van der Waals surface area contributed by atoms with Crippen LogP contribution in [0.4, 0.5) is 0 Å². The van der Waals surface area contributed by atoms with Gasteiger partial charge in [-0.25, -0.2) is 0 Å². The molecule has 2 N–H and O–H groups in total. The highest BCUT2D eigenvalue weighted by atomic mass is 15.7. The molecule has 0 amide bonds. The summed E-state index contributed by atoms with van der Waals surface area (Å²) in [7, 11) is 0. The van der Waals surface area contributed by atoms with Gasteiger partial charge in [-0.3, -0.25) is 5.01 Å². The molecule has 0 aromatic carbocycles. The predicted octanol–water partition coefficient (Wildman–Crippen LogP) is 1.75. The summed E-state index contributed by atoms with van der Waals surface area (Å²) in [5, 5.41) is 2.12. The lowest BCUT2D eigenvalue weighted by atomic mass is 10.3. The lowest BCUT2D eigenvalue weighted by molar-refractivity contribution is 0.266. The van der Waals surface area contributed by atoms with Crippen LogP contribution < -0.4 is 11.0 Å². The van der Waals surface area contributed by atoms with E-state index >= 15 is 0 Å². The molecule has 3 heteroatoms. The fraction of sp³-hybridized carbons (Fsp3) is 0.778. The average Bonchev–Trinajstić information content (AvgIpc) is 2.50. The second kappa shape index (κ2) is 5.04. The van der Waals surface area contributed by atoms with Crippen LogP contribution in [0.15, 0.2) is 11.9 Å². The molecule has 1 rings (SSSR count). The van der Waals surface area contributed by atoms with Gasteiger partial charge in [0, 0.05) is 18.4 Å². The first-order chi connectivity index (χ1) is 5.86. The van der Waals surface area contributed by atoms with Crippen molar-refractivity contribution in [2.24, 2.45) is 0 Å². The standard InChI is InChI=1S/C9H19N3/c1-3-5-7-12-8-9(6-4-2)10-11-12/h8,10-11H,3-7H2,1-2H3. The smallest absolute Gasteiger partial charge is 0.0453 e. The largest absolute Gasteiger partial charge is 0.306 e. The SMILES string of the molecule is CCCCN1C=C(CCC)NN1. The maximum absolute atomic E-state index is 3.15. The van der Waals surface area contributed by atoms with Crippen LogP contribution in [-0.4, -0.2) is 11.6 Å². The van der Waals surface area contributed by atoms with Crippen LogP contribution in [0, 0.1) is 0 Å². The fourth-order valence-electron chi connectivity index (χ4n) is 1.24. The normalized spacial score (nSPS) is 16.2. The molecule has 0 saturated heterocycles. The van der Waals surface area contributed by atoms with Crippen LogP contribution in [0.2, 0.25) is 0 Å². The highest BCUT2D eigenvalue weighted by Gasteiger charge is 2.08. The van der Waals surface area contributed by atoms with E-state index in [0.29, 0.717) is 0 Å². The van der Waals surface area contributed by atoms with E-state index in [2.05, 4.69) is 36.0 Å². The summed E-state index contributed by atoms with van der Waals surface area (Å²) in [5.41, 5.74) is 7.57. The Labute approximate surface area is 74.8 Å². The second-order valence-electron chi connectivity index (χ2n) is 3.19. The number of hydrogen-bond acceptors (Lipinski definition) is 3. The Bertz CT molecular complexity index is 154. The summed E-state index contributed by atoms with van der Waals surface area (Å²) in [6, 6.07) is 0. The van der Waals surface area contributed by atoms with E-state index in [0.717, 1.165) is 13.0 Å². The van der Waals surface area contributed by atoms with Crippen molar-refractivity contribution in [3.63, 3.8) is 0 Å². The minimum Gasteiger partial charge on any atom is -0.306 e. The Hall–Kier alpha value is -0.700. The minimum absolute atomic E-state index is 1.09. The molecule has 0 aromatic rings. The van der Waals surface area contributed by atoms with Crippen molar-refractivity contribution in [3.05, 3.63) is 11.9 Å².